The van der Waals surface area contributed by atoms with Crippen LogP contribution in [0.3, 0.4) is 0 Å². The van der Waals surface area contributed by atoms with Gasteiger partial charge in [-0.1, -0.05) is 18.2 Å². The van der Waals surface area contributed by atoms with Crippen molar-refractivity contribution in [3.8, 4) is 6.07 Å². The second-order valence-corrected chi connectivity index (χ2v) is 7.13. The number of nitrogens with one attached hydrogen (secondary N) is 1. The van der Waals surface area contributed by atoms with E-state index in [0.717, 1.165) is 37.2 Å². The molecule has 0 aliphatic carbocycles. The minimum Gasteiger partial charge on any atom is -0.427 e. The molecule has 1 fully saturated rings. The molecule has 0 amide bonds. The maximum Gasteiger partial charge on any atom is 0.421 e. The molecule has 1 aromatic carbocycles. The zero-order valence-corrected chi connectivity index (χ0v) is 16.3. The SMILES string of the molecule is COBN[C@@H]1CCCN(c2ccnc3oc(=O)n(Cc4ccccc4C#N)c23)C1. The molecule has 2 aromatic heterocycles. The van der Waals surface area contributed by atoms with Crippen LogP contribution in [0.15, 0.2) is 45.7 Å². The second-order valence-electron chi connectivity index (χ2n) is 7.13. The molecule has 1 N–H and O–H groups in total. The van der Waals surface area contributed by atoms with E-state index in [1.807, 2.05) is 24.3 Å². The van der Waals surface area contributed by atoms with Gasteiger partial charge in [0.2, 0.25) is 0 Å². The predicted molar refractivity (Wildman–Crippen MR) is 111 cm³/mol. The van der Waals surface area contributed by atoms with Crippen LogP contribution in [0, 0.1) is 11.3 Å². The number of hydrogen-bond donors (Lipinski definition) is 1. The molecular weight excluding hydrogens is 369 g/mol. The normalized spacial score (nSPS) is 16.7. The van der Waals surface area contributed by atoms with Crippen molar-refractivity contribution in [2.45, 2.75) is 25.4 Å². The highest BCUT2D eigenvalue weighted by Gasteiger charge is 2.24. The third-order valence-electron chi connectivity index (χ3n) is 5.29. The number of oxazole rings is 1. The summed E-state index contributed by atoms with van der Waals surface area (Å²) in [6.45, 7) is 1.95. The lowest BCUT2D eigenvalue weighted by Gasteiger charge is -2.35. The Bertz CT molecular complexity index is 1100. The average Bonchev–Trinajstić information content (AvgIpc) is 3.08. The van der Waals surface area contributed by atoms with Gasteiger partial charge in [-0.25, -0.2) is 9.78 Å². The fraction of sp³-hybridized carbons (Fsp3) is 0.350. The van der Waals surface area contributed by atoms with Gasteiger partial charge in [-0.15, -0.1) is 0 Å². The van der Waals surface area contributed by atoms with E-state index in [1.54, 1.807) is 23.9 Å². The van der Waals surface area contributed by atoms with Crippen LogP contribution in [-0.4, -0.2) is 43.4 Å². The Kier molecular flexibility index (Phi) is 5.65. The Labute approximate surface area is 169 Å². The molecule has 8 nitrogen and oxygen atoms in total. The van der Waals surface area contributed by atoms with Gasteiger partial charge in [-0.3, -0.25) is 4.57 Å². The van der Waals surface area contributed by atoms with Crippen LogP contribution in [0.4, 0.5) is 5.69 Å². The Morgan fingerprint density at radius 2 is 2.28 bits per heavy atom. The van der Waals surface area contributed by atoms with Crippen LogP contribution in [0.5, 0.6) is 0 Å². The smallest absolute Gasteiger partial charge is 0.421 e. The summed E-state index contributed by atoms with van der Waals surface area (Å²) in [5, 5.41) is 12.8. The first kappa shape index (κ1) is 19.2. The molecule has 3 heterocycles. The predicted octanol–water partition coefficient (Wildman–Crippen LogP) is 1.38. The number of hydrogen-bond acceptors (Lipinski definition) is 7. The van der Waals surface area contributed by atoms with E-state index < -0.39 is 5.76 Å². The zero-order valence-electron chi connectivity index (χ0n) is 16.3. The van der Waals surface area contributed by atoms with E-state index in [9.17, 15) is 10.1 Å². The number of rotatable bonds is 6. The monoisotopic (exact) mass is 391 g/mol. The Morgan fingerprint density at radius 3 is 3.10 bits per heavy atom. The van der Waals surface area contributed by atoms with Crippen molar-refractivity contribution < 1.29 is 9.07 Å². The summed E-state index contributed by atoms with van der Waals surface area (Å²) in [6, 6.07) is 11.7. The Morgan fingerprint density at radius 1 is 1.41 bits per heavy atom. The first-order chi connectivity index (χ1) is 14.2. The molecule has 29 heavy (non-hydrogen) atoms. The first-order valence-corrected chi connectivity index (χ1v) is 9.65. The number of nitrogens with zero attached hydrogens (tertiary/aromatic N) is 4. The second kappa shape index (κ2) is 8.51. The minimum absolute atomic E-state index is 0.257. The summed E-state index contributed by atoms with van der Waals surface area (Å²) < 4.78 is 12.1. The van der Waals surface area contributed by atoms with Crippen molar-refractivity contribution in [2.75, 3.05) is 25.1 Å². The molecular formula is C20H22BN5O3. The summed E-state index contributed by atoms with van der Waals surface area (Å²) in [7, 11) is 2.18. The molecule has 1 aliphatic heterocycles. The molecule has 0 bridgehead atoms. The van der Waals surface area contributed by atoms with E-state index in [2.05, 4.69) is 21.2 Å². The van der Waals surface area contributed by atoms with Gasteiger partial charge in [-0.2, -0.15) is 5.26 Å². The van der Waals surface area contributed by atoms with Gasteiger partial charge in [0.05, 0.1) is 23.9 Å². The van der Waals surface area contributed by atoms with E-state index >= 15 is 0 Å². The van der Waals surface area contributed by atoms with E-state index in [-0.39, 0.29) is 6.54 Å². The Balaban J connectivity index is 1.73. The standard InChI is InChI=1S/C20H22BN5O3/c1-28-21-24-16-7-4-10-25(13-16)17-8-9-23-19-18(17)26(20(27)29-19)12-15-6-3-2-5-14(15)11-22/h2-3,5-6,8-9,16,21,24H,4,7,10,12-13H2,1H3/t16-/m1/s1. The number of aromatic nitrogens is 2. The van der Waals surface area contributed by atoms with Gasteiger partial charge < -0.3 is 19.2 Å². The zero-order chi connectivity index (χ0) is 20.2. The van der Waals surface area contributed by atoms with Crippen molar-refractivity contribution in [3.63, 3.8) is 0 Å². The molecule has 0 unspecified atom stereocenters. The van der Waals surface area contributed by atoms with E-state index in [1.165, 1.54) is 0 Å². The number of piperidine rings is 1. The minimum atomic E-state index is -0.473. The number of nitriles is 1. The summed E-state index contributed by atoms with van der Waals surface area (Å²) in [5.41, 5.74) is 3.21. The fourth-order valence-corrected chi connectivity index (χ4v) is 3.88. The van der Waals surface area contributed by atoms with Crippen molar-refractivity contribution in [3.05, 3.63) is 58.2 Å². The average molecular weight is 391 g/mol. The fourth-order valence-electron chi connectivity index (χ4n) is 3.88. The first-order valence-electron chi connectivity index (χ1n) is 9.65. The van der Waals surface area contributed by atoms with Gasteiger partial charge in [0.25, 0.3) is 5.71 Å². The molecule has 0 radical (unpaired) electrons. The molecule has 0 saturated carbocycles. The molecule has 9 heteroatoms. The highest BCUT2D eigenvalue weighted by atomic mass is 16.4. The molecule has 0 spiro atoms. The molecule has 1 aliphatic rings. The number of pyridine rings is 1. The largest absolute Gasteiger partial charge is 0.427 e. The molecule has 1 saturated heterocycles. The van der Waals surface area contributed by atoms with Crippen LogP contribution in [0.2, 0.25) is 0 Å². The molecule has 1 atom stereocenters. The van der Waals surface area contributed by atoms with Crippen molar-refractivity contribution in [1.29, 1.82) is 5.26 Å². The lowest BCUT2D eigenvalue weighted by Crippen LogP contribution is -2.47. The molecule has 148 valence electrons. The van der Waals surface area contributed by atoms with Crippen molar-refractivity contribution >= 4 is 24.5 Å². The summed E-state index contributed by atoms with van der Waals surface area (Å²) in [5.74, 6) is -0.473. The summed E-state index contributed by atoms with van der Waals surface area (Å²) in [6.07, 6.45) is 3.77. The molecule has 4 rings (SSSR count). The summed E-state index contributed by atoms with van der Waals surface area (Å²) >= 11 is 0. The van der Waals surface area contributed by atoms with Gasteiger partial charge in [0, 0.05) is 32.4 Å². The highest BCUT2D eigenvalue weighted by Crippen LogP contribution is 2.28. The van der Waals surface area contributed by atoms with E-state index in [0.29, 0.717) is 30.5 Å². The van der Waals surface area contributed by atoms with Gasteiger partial charge in [-0.05, 0) is 30.5 Å². The third kappa shape index (κ3) is 3.90. The summed E-state index contributed by atoms with van der Waals surface area (Å²) in [4.78, 5) is 19.1. The highest BCUT2D eigenvalue weighted by molar-refractivity contribution is 6.23. The van der Waals surface area contributed by atoms with Crippen LogP contribution >= 0.6 is 0 Å². The maximum atomic E-state index is 12.6. The molecule has 3 aromatic rings. The van der Waals surface area contributed by atoms with Crippen LogP contribution < -0.4 is 15.9 Å². The lowest BCUT2D eigenvalue weighted by atomic mass is 10.0. The van der Waals surface area contributed by atoms with E-state index in [4.69, 9.17) is 9.07 Å². The van der Waals surface area contributed by atoms with Crippen LogP contribution in [-0.2, 0) is 11.2 Å². The number of anilines is 1. The van der Waals surface area contributed by atoms with Gasteiger partial charge in [0.15, 0.2) is 0 Å². The lowest BCUT2D eigenvalue weighted by molar-refractivity contribution is 0.403. The topological polar surface area (TPSA) is 96.3 Å². The van der Waals surface area contributed by atoms with Gasteiger partial charge in [0.1, 0.15) is 5.52 Å². The quantitative estimate of drug-likeness (QED) is 0.634. The third-order valence-corrected chi connectivity index (χ3v) is 5.29. The maximum absolute atomic E-state index is 12.6. The van der Waals surface area contributed by atoms with Crippen LogP contribution in [0.1, 0.15) is 24.0 Å². The van der Waals surface area contributed by atoms with Crippen molar-refractivity contribution in [1.82, 2.24) is 14.8 Å². The van der Waals surface area contributed by atoms with Crippen molar-refractivity contribution in [2.24, 2.45) is 0 Å². The Hall–Kier alpha value is -3.09. The number of benzene rings is 1. The van der Waals surface area contributed by atoms with Crippen LogP contribution in [0.25, 0.3) is 11.2 Å². The number of fused-ring (bicyclic) bond motifs is 1. The van der Waals surface area contributed by atoms with Gasteiger partial charge >= 0.3 is 13.4 Å².